The van der Waals surface area contributed by atoms with E-state index in [4.69, 9.17) is 9.84 Å². The van der Waals surface area contributed by atoms with E-state index in [1.54, 1.807) is 13.8 Å². The van der Waals surface area contributed by atoms with Gasteiger partial charge in [-0.3, -0.25) is 4.79 Å². The van der Waals surface area contributed by atoms with E-state index in [0.717, 1.165) is 4.57 Å². The molecule has 1 heterocycles. The number of rotatable bonds is 3. The molecule has 1 rings (SSSR count). The van der Waals surface area contributed by atoms with Crippen LogP contribution in [0.3, 0.4) is 0 Å². The number of esters is 1. The molecule has 0 aliphatic rings. The van der Waals surface area contributed by atoms with Crippen molar-refractivity contribution in [2.45, 2.75) is 26.2 Å². The van der Waals surface area contributed by atoms with Crippen molar-refractivity contribution in [3.8, 4) is 0 Å². The lowest BCUT2D eigenvalue weighted by Crippen LogP contribution is -2.31. The number of carbonyl (C=O) groups excluding carboxylic acids is 1. The predicted octanol–water partition coefficient (Wildman–Crippen LogP) is 1.25. The first kappa shape index (κ1) is 12.2. The number of nitrogens with zero attached hydrogens (tertiary/aromatic N) is 2. The van der Waals surface area contributed by atoms with Gasteiger partial charge in [-0.2, -0.15) is 0 Å². The molecule has 0 aliphatic carbocycles. The minimum absolute atomic E-state index is 0.0899. The number of carbonyl (C=O) groups is 2. The van der Waals surface area contributed by atoms with E-state index < -0.39 is 17.5 Å². The first-order valence-electron chi connectivity index (χ1n) is 4.75. The van der Waals surface area contributed by atoms with Crippen molar-refractivity contribution < 1.29 is 19.4 Å². The second-order valence-corrected chi connectivity index (χ2v) is 4.07. The van der Waals surface area contributed by atoms with E-state index in [9.17, 15) is 9.59 Å². The van der Waals surface area contributed by atoms with Crippen LogP contribution in [-0.4, -0.2) is 33.3 Å². The van der Waals surface area contributed by atoms with Crippen molar-refractivity contribution in [3.63, 3.8) is 0 Å². The topological polar surface area (TPSA) is 81.4 Å². The van der Waals surface area contributed by atoms with Gasteiger partial charge in [0.1, 0.15) is 12.4 Å². The molecule has 0 amide bonds. The number of ether oxygens (including phenoxy) is 1. The Hall–Kier alpha value is -1.85. The molecule has 0 spiro atoms. The van der Waals surface area contributed by atoms with Crippen LogP contribution in [-0.2, 0) is 14.9 Å². The lowest BCUT2D eigenvalue weighted by atomic mass is 9.93. The van der Waals surface area contributed by atoms with Crippen LogP contribution in [0.1, 0.15) is 26.6 Å². The van der Waals surface area contributed by atoms with E-state index in [-0.39, 0.29) is 6.61 Å². The Morgan fingerprint density at radius 1 is 1.56 bits per heavy atom. The molecule has 0 aliphatic heterocycles. The van der Waals surface area contributed by atoms with E-state index in [0.29, 0.717) is 5.82 Å². The summed E-state index contributed by atoms with van der Waals surface area (Å²) < 4.78 is 5.90. The molecule has 0 radical (unpaired) electrons. The quantitative estimate of drug-likeness (QED) is 0.784. The van der Waals surface area contributed by atoms with E-state index in [1.807, 2.05) is 0 Å². The molecule has 1 aromatic heterocycles. The van der Waals surface area contributed by atoms with E-state index >= 15 is 0 Å². The van der Waals surface area contributed by atoms with E-state index in [2.05, 4.69) is 4.98 Å². The highest BCUT2D eigenvalue weighted by atomic mass is 16.5. The third kappa shape index (κ3) is 2.59. The summed E-state index contributed by atoms with van der Waals surface area (Å²) in [7, 11) is 0. The zero-order valence-corrected chi connectivity index (χ0v) is 9.43. The van der Waals surface area contributed by atoms with Gasteiger partial charge in [0.2, 0.25) is 0 Å². The van der Waals surface area contributed by atoms with Crippen LogP contribution in [0.2, 0.25) is 0 Å². The number of aromatic nitrogens is 2. The fraction of sp³-hybridized carbons (Fsp3) is 0.500. The highest BCUT2D eigenvalue weighted by Crippen LogP contribution is 2.21. The smallest absolute Gasteiger partial charge is 0.417 e. The van der Waals surface area contributed by atoms with Gasteiger partial charge in [-0.15, -0.1) is 0 Å². The summed E-state index contributed by atoms with van der Waals surface area (Å²) in [4.78, 5) is 25.6. The SMILES string of the molecule is CC(=O)OCC(C)(C)c1nccn1C(=O)O. The molecule has 16 heavy (non-hydrogen) atoms. The summed E-state index contributed by atoms with van der Waals surface area (Å²) in [5.41, 5.74) is -0.645. The van der Waals surface area contributed by atoms with Gasteiger partial charge in [-0.05, 0) is 13.8 Å². The molecule has 0 atom stereocenters. The Bertz CT molecular complexity index is 409. The number of carboxylic acid groups (broad SMARTS) is 1. The number of hydrogen-bond donors (Lipinski definition) is 1. The van der Waals surface area contributed by atoms with Gasteiger partial charge >= 0.3 is 12.1 Å². The molecular weight excluding hydrogens is 212 g/mol. The van der Waals surface area contributed by atoms with Crippen molar-refractivity contribution >= 4 is 12.1 Å². The second kappa shape index (κ2) is 4.34. The molecule has 88 valence electrons. The van der Waals surface area contributed by atoms with Crippen LogP contribution < -0.4 is 0 Å². The summed E-state index contributed by atoms with van der Waals surface area (Å²) in [6.45, 7) is 4.92. The first-order valence-corrected chi connectivity index (χ1v) is 4.75. The minimum Gasteiger partial charge on any atom is -0.465 e. The lowest BCUT2D eigenvalue weighted by Gasteiger charge is -2.22. The average molecular weight is 226 g/mol. The van der Waals surface area contributed by atoms with Crippen molar-refractivity contribution in [1.29, 1.82) is 0 Å². The summed E-state index contributed by atoms with van der Waals surface area (Å²) >= 11 is 0. The lowest BCUT2D eigenvalue weighted by molar-refractivity contribution is -0.142. The number of hydrogen-bond acceptors (Lipinski definition) is 4. The van der Waals surface area contributed by atoms with Gasteiger partial charge in [0.05, 0.1) is 5.41 Å². The van der Waals surface area contributed by atoms with Gasteiger partial charge in [0.15, 0.2) is 0 Å². The Morgan fingerprint density at radius 3 is 2.69 bits per heavy atom. The monoisotopic (exact) mass is 226 g/mol. The summed E-state index contributed by atoms with van der Waals surface area (Å²) in [6, 6.07) is 0. The second-order valence-electron chi connectivity index (χ2n) is 4.07. The van der Waals surface area contributed by atoms with Crippen LogP contribution in [0, 0.1) is 0 Å². The van der Waals surface area contributed by atoms with Gasteiger partial charge < -0.3 is 9.84 Å². The van der Waals surface area contributed by atoms with Crippen LogP contribution in [0.5, 0.6) is 0 Å². The van der Waals surface area contributed by atoms with Crippen LogP contribution in [0.25, 0.3) is 0 Å². The van der Waals surface area contributed by atoms with E-state index in [1.165, 1.54) is 19.3 Å². The molecule has 6 nitrogen and oxygen atoms in total. The first-order chi connectivity index (χ1) is 7.34. The Kier molecular flexibility index (Phi) is 3.31. The molecule has 6 heteroatoms. The zero-order valence-electron chi connectivity index (χ0n) is 9.43. The normalized spacial score (nSPS) is 11.2. The van der Waals surface area contributed by atoms with Crippen molar-refractivity contribution in [2.24, 2.45) is 0 Å². The standard InChI is InChI=1S/C10H14N2O4/c1-7(13)16-6-10(2,3)8-11-4-5-12(8)9(14)15/h4-5H,6H2,1-3H3,(H,14,15). The Labute approximate surface area is 92.9 Å². The molecule has 0 saturated carbocycles. The van der Waals surface area contributed by atoms with Gasteiger partial charge in [0, 0.05) is 19.3 Å². The van der Waals surface area contributed by atoms with Crippen LogP contribution >= 0.6 is 0 Å². The Morgan fingerprint density at radius 2 is 2.19 bits per heavy atom. The molecule has 1 N–H and O–H groups in total. The summed E-state index contributed by atoms with van der Waals surface area (Å²) in [5.74, 6) is -0.0530. The maximum absolute atomic E-state index is 10.9. The molecule has 0 bridgehead atoms. The molecule has 0 unspecified atom stereocenters. The third-order valence-electron chi connectivity index (χ3n) is 2.09. The zero-order chi connectivity index (χ0) is 12.3. The van der Waals surface area contributed by atoms with Crippen molar-refractivity contribution in [2.75, 3.05) is 6.61 Å². The molecule has 1 aromatic rings. The number of imidazole rings is 1. The van der Waals surface area contributed by atoms with Crippen molar-refractivity contribution in [3.05, 3.63) is 18.2 Å². The van der Waals surface area contributed by atoms with Gasteiger partial charge in [0.25, 0.3) is 0 Å². The molecular formula is C10H14N2O4. The van der Waals surface area contributed by atoms with Crippen LogP contribution in [0.4, 0.5) is 4.79 Å². The van der Waals surface area contributed by atoms with Gasteiger partial charge in [-0.25, -0.2) is 14.3 Å². The maximum Gasteiger partial charge on any atom is 0.417 e. The average Bonchev–Trinajstić information content (AvgIpc) is 2.63. The highest BCUT2D eigenvalue weighted by Gasteiger charge is 2.29. The molecule has 0 aromatic carbocycles. The van der Waals surface area contributed by atoms with Crippen molar-refractivity contribution in [1.82, 2.24) is 9.55 Å². The van der Waals surface area contributed by atoms with Crippen LogP contribution in [0.15, 0.2) is 12.4 Å². The fourth-order valence-electron chi connectivity index (χ4n) is 1.31. The largest absolute Gasteiger partial charge is 0.465 e. The third-order valence-corrected chi connectivity index (χ3v) is 2.09. The predicted molar refractivity (Wildman–Crippen MR) is 55.3 cm³/mol. The van der Waals surface area contributed by atoms with Gasteiger partial charge in [-0.1, -0.05) is 0 Å². The summed E-state index contributed by atoms with van der Waals surface area (Å²) in [6.07, 6.45) is 1.65. The molecule has 0 saturated heterocycles. The minimum atomic E-state index is -1.11. The highest BCUT2D eigenvalue weighted by molar-refractivity contribution is 5.69. The fourth-order valence-corrected chi connectivity index (χ4v) is 1.31. The Balaban J connectivity index is 2.92. The summed E-state index contributed by atoms with van der Waals surface area (Å²) in [5, 5.41) is 8.91. The maximum atomic E-state index is 10.9. The molecule has 0 fully saturated rings.